The third-order valence-electron chi connectivity index (χ3n) is 5.31. The van der Waals surface area contributed by atoms with Gasteiger partial charge in [-0.1, -0.05) is 30.3 Å². The molecular weight excluding hydrogens is 387 g/mol. The molecule has 1 saturated heterocycles. The van der Waals surface area contributed by atoms with Crippen LogP contribution in [0.5, 0.6) is 0 Å². The van der Waals surface area contributed by atoms with Crippen molar-refractivity contribution in [1.29, 1.82) is 0 Å². The van der Waals surface area contributed by atoms with Crippen LogP contribution in [0.2, 0.25) is 0 Å². The van der Waals surface area contributed by atoms with Crippen LogP contribution in [0.15, 0.2) is 54.9 Å². The molecule has 0 radical (unpaired) electrons. The number of carbonyl (C=O) groups is 2. The van der Waals surface area contributed by atoms with Crippen molar-refractivity contribution < 1.29 is 23.8 Å². The lowest BCUT2D eigenvalue weighted by Gasteiger charge is -2.21. The topological polar surface area (TPSA) is 79.7 Å². The summed E-state index contributed by atoms with van der Waals surface area (Å²) in [6.07, 6.45) is 2.16. The number of rotatable bonds is 5. The van der Waals surface area contributed by atoms with E-state index >= 15 is 0 Å². The van der Waals surface area contributed by atoms with E-state index in [1.165, 1.54) is 12.1 Å². The molecule has 0 spiro atoms. The number of pyridine rings is 1. The van der Waals surface area contributed by atoms with Crippen molar-refractivity contribution in [3.05, 3.63) is 77.4 Å². The minimum Gasteiger partial charge on any atom is -0.439 e. The second kappa shape index (κ2) is 8.20. The second-order valence-corrected chi connectivity index (χ2v) is 7.40. The van der Waals surface area contributed by atoms with Crippen LogP contribution in [0.3, 0.4) is 0 Å². The van der Waals surface area contributed by atoms with Gasteiger partial charge in [0.05, 0.1) is 6.61 Å². The van der Waals surface area contributed by atoms with Crippen molar-refractivity contribution in [1.82, 2.24) is 9.88 Å². The van der Waals surface area contributed by atoms with Crippen LogP contribution in [0.25, 0.3) is 10.8 Å². The van der Waals surface area contributed by atoms with Crippen molar-refractivity contribution in [2.75, 3.05) is 6.61 Å². The Labute approximate surface area is 172 Å². The summed E-state index contributed by atoms with van der Waals surface area (Å²) in [5.41, 5.74) is 1.96. The summed E-state index contributed by atoms with van der Waals surface area (Å²) in [7, 11) is 0. The smallest absolute Gasteiger partial charge is 0.417 e. The number of hydrogen-bond acceptors (Lipinski definition) is 5. The van der Waals surface area contributed by atoms with Gasteiger partial charge in [-0.3, -0.25) is 9.78 Å². The summed E-state index contributed by atoms with van der Waals surface area (Å²) in [5, 5.41) is 11.8. The highest BCUT2D eigenvalue weighted by molar-refractivity contribution is 5.94. The molecule has 3 aromatic rings. The lowest BCUT2D eigenvalue weighted by molar-refractivity contribution is -0.129. The van der Waals surface area contributed by atoms with Crippen LogP contribution in [0, 0.1) is 12.7 Å². The van der Waals surface area contributed by atoms with Gasteiger partial charge in [-0.25, -0.2) is 14.1 Å². The van der Waals surface area contributed by atoms with Gasteiger partial charge >= 0.3 is 6.09 Å². The van der Waals surface area contributed by atoms with Gasteiger partial charge in [0.25, 0.3) is 0 Å². The predicted octanol–water partition coefficient (Wildman–Crippen LogP) is 3.70. The van der Waals surface area contributed by atoms with Crippen LogP contribution >= 0.6 is 0 Å². The normalized spacial score (nSPS) is 18.6. The average Bonchev–Trinajstić information content (AvgIpc) is 3.07. The zero-order valence-electron chi connectivity index (χ0n) is 16.4. The first-order valence-electron chi connectivity index (χ1n) is 9.70. The largest absolute Gasteiger partial charge is 0.439 e. The number of aliphatic hydroxyl groups is 1. The number of fused-ring (bicyclic) bond motifs is 1. The monoisotopic (exact) mass is 408 g/mol. The van der Waals surface area contributed by atoms with Crippen LogP contribution in [-0.2, 0) is 16.0 Å². The highest BCUT2D eigenvalue weighted by Crippen LogP contribution is 2.34. The zero-order valence-corrected chi connectivity index (χ0v) is 16.4. The molecule has 1 aromatic heterocycles. The Morgan fingerprint density at radius 1 is 1.23 bits per heavy atom. The first-order valence-corrected chi connectivity index (χ1v) is 9.70. The maximum atomic E-state index is 13.8. The summed E-state index contributed by atoms with van der Waals surface area (Å²) in [4.78, 5) is 30.5. The lowest BCUT2D eigenvalue weighted by atomic mass is 9.99. The molecule has 1 N–H and O–H groups in total. The Kier molecular flexibility index (Phi) is 5.46. The van der Waals surface area contributed by atoms with Gasteiger partial charge in [0.2, 0.25) is 5.91 Å². The number of aliphatic hydroxyl groups excluding tert-OH is 1. The summed E-state index contributed by atoms with van der Waals surface area (Å²) >= 11 is 0. The number of benzene rings is 2. The maximum absolute atomic E-state index is 13.8. The Hall–Kier alpha value is -3.32. The molecule has 30 heavy (non-hydrogen) atoms. The Morgan fingerprint density at radius 3 is 2.80 bits per heavy atom. The first-order chi connectivity index (χ1) is 14.5. The van der Waals surface area contributed by atoms with E-state index in [1.807, 2.05) is 24.3 Å². The highest BCUT2D eigenvalue weighted by atomic mass is 19.1. The van der Waals surface area contributed by atoms with Crippen LogP contribution in [-0.4, -0.2) is 39.6 Å². The Morgan fingerprint density at radius 2 is 2.03 bits per heavy atom. The van der Waals surface area contributed by atoms with Crippen molar-refractivity contribution in [2.45, 2.75) is 31.9 Å². The Balaban J connectivity index is 1.53. The maximum Gasteiger partial charge on any atom is 0.417 e. The number of nitrogens with zero attached hydrogens (tertiary/aromatic N) is 2. The Bertz CT molecular complexity index is 1090. The standard InChI is InChI=1S/C23H21FN2O4/c1-14-8-17(10-18(24)9-14)22-20(13-27)26(23(29)30-22)21(28)7-6-16-12-25-11-15-4-2-3-5-19(15)16/h2-5,8-12,20,22,27H,6-7,13H2,1H3/t20-,22+/m0/s1. The number of halogens is 1. The molecule has 2 atom stereocenters. The van der Waals surface area contributed by atoms with E-state index in [0.29, 0.717) is 17.5 Å². The fraction of sp³-hybridized carbons (Fsp3) is 0.261. The lowest BCUT2D eigenvalue weighted by Crippen LogP contribution is -2.41. The van der Waals surface area contributed by atoms with Gasteiger partial charge < -0.3 is 9.84 Å². The molecular formula is C23H21FN2O4. The number of hydrogen-bond donors (Lipinski definition) is 1. The quantitative estimate of drug-likeness (QED) is 0.696. The van der Waals surface area contributed by atoms with E-state index in [-0.39, 0.29) is 6.42 Å². The second-order valence-electron chi connectivity index (χ2n) is 7.40. The average molecular weight is 408 g/mol. The summed E-state index contributed by atoms with van der Waals surface area (Å²) in [6, 6.07) is 11.1. The van der Waals surface area contributed by atoms with Crippen LogP contribution < -0.4 is 0 Å². The van der Waals surface area contributed by atoms with Crippen LogP contribution in [0.1, 0.15) is 29.2 Å². The fourth-order valence-corrected chi connectivity index (χ4v) is 3.94. The number of ether oxygens (including phenoxy) is 1. The van der Waals surface area contributed by atoms with Gasteiger partial charge in [0.15, 0.2) is 6.10 Å². The molecule has 0 bridgehead atoms. The molecule has 4 rings (SSSR count). The molecule has 2 heterocycles. The van der Waals surface area contributed by atoms with Gasteiger partial charge in [-0.15, -0.1) is 0 Å². The van der Waals surface area contributed by atoms with E-state index < -0.39 is 36.6 Å². The summed E-state index contributed by atoms with van der Waals surface area (Å²) < 4.78 is 19.2. The SMILES string of the molecule is Cc1cc(F)cc([C@H]2OC(=O)N(C(=O)CCc3cncc4ccccc34)[C@H]2CO)c1. The zero-order chi connectivity index (χ0) is 21.3. The van der Waals surface area contributed by atoms with Crippen molar-refractivity contribution >= 4 is 22.8 Å². The van der Waals surface area contributed by atoms with E-state index in [9.17, 15) is 19.1 Å². The number of amides is 2. The molecule has 0 unspecified atom stereocenters. The van der Waals surface area contributed by atoms with Gasteiger partial charge in [0, 0.05) is 24.2 Å². The fourth-order valence-electron chi connectivity index (χ4n) is 3.94. The molecule has 0 aliphatic carbocycles. The molecule has 154 valence electrons. The van der Waals surface area contributed by atoms with Crippen LogP contribution in [0.4, 0.5) is 9.18 Å². The van der Waals surface area contributed by atoms with Gasteiger partial charge in [0.1, 0.15) is 11.9 Å². The molecule has 2 aromatic carbocycles. The first kappa shape index (κ1) is 20.0. The highest BCUT2D eigenvalue weighted by Gasteiger charge is 2.45. The molecule has 1 aliphatic rings. The third-order valence-corrected chi connectivity index (χ3v) is 5.31. The third kappa shape index (κ3) is 3.76. The van der Waals surface area contributed by atoms with E-state index in [0.717, 1.165) is 21.2 Å². The number of carbonyl (C=O) groups excluding carboxylic acids is 2. The minimum atomic E-state index is -0.917. The number of aryl methyl sites for hydroxylation is 2. The molecule has 6 nitrogen and oxygen atoms in total. The van der Waals surface area contributed by atoms with E-state index in [1.54, 1.807) is 25.4 Å². The molecule has 1 fully saturated rings. The van der Waals surface area contributed by atoms with Gasteiger partial charge in [-0.05, 0) is 47.6 Å². The predicted molar refractivity (Wildman–Crippen MR) is 108 cm³/mol. The summed E-state index contributed by atoms with van der Waals surface area (Å²) in [5.74, 6) is -0.923. The van der Waals surface area contributed by atoms with Crippen molar-refractivity contribution in [3.63, 3.8) is 0 Å². The van der Waals surface area contributed by atoms with E-state index in [2.05, 4.69) is 4.98 Å². The van der Waals surface area contributed by atoms with Gasteiger partial charge in [-0.2, -0.15) is 0 Å². The molecule has 2 amide bonds. The van der Waals surface area contributed by atoms with Crippen molar-refractivity contribution in [3.8, 4) is 0 Å². The molecule has 0 saturated carbocycles. The summed E-state index contributed by atoms with van der Waals surface area (Å²) in [6.45, 7) is 1.24. The van der Waals surface area contributed by atoms with Crippen molar-refractivity contribution in [2.24, 2.45) is 0 Å². The number of cyclic esters (lactones) is 1. The minimum absolute atomic E-state index is 0.0518. The number of imide groups is 1. The molecule has 7 heteroatoms. The molecule has 1 aliphatic heterocycles. The number of aromatic nitrogens is 1. The van der Waals surface area contributed by atoms with E-state index in [4.69, 9.17) is 4.74 Å².